The summed E-state index contributed by atoms with van der Waals surface area (Å²) in [5, 5.41) is 11.8. The summed E-state index contributed by atoms with van der Waals surface area (Å²) in [5.41, 5.74) is 1.97. The summed E-state index contributed by atoms with van der Waals surface area (Å²) < 4.78 is 19.6. The Morgan fingerprint density at radius 2 is 1.88 bits per heavy atom. The predicted octanol–water partition coefficient (Wildman–Crippen LogP) is 4.57. The Kier molecular flexibility index (Phi) is 6.37. The van der Waals surface area contributed by atoms with Crippen LogP contribution in [0.25, 0.3) is 10.6 Å². The third-order valence-electron chi connectivity index (χ3n) is 5.21. The molecule has 1 fully saturated rings. The van der Waals surface area contributed by atoms with E-state index in [1.54, 1.807) is 22.4 Å². The van der Waals surface area contributed by atoms with Gasteiger partial charge in [-0.1, -0.05) is 6.07 Å². The molecule has 1 aliphatic rings. The highest BCUT2D eigenvalue weighted by Gasteiger charge is 2.25. The van der Waals surface area contributed by atoms with Gasteiger partial charge in [0.25, 0.3) is 5.91 Å². The molecule has 2 aromatic carbocycles. The van der Waals surface area contributed by atoms with Crippen LogP contribution in [0.4, 0.5) is 10.1 Å². The van der Waals surface area contributed by atoms with E-state index >= 15 is 0 Å². The molecule has 0 N–H and O–H groups in total. The molecule has 1 saturated heterocycles. The van der Waals surface area contributed by atoms with Gasteiger partial charge < -0.3 is 14.5 Å². The SMILES string of the molecule is CC(C)Oc1ccc(-c2nc(C(=O)N3CCN(c4cccc(F)c4C#N)CC3)cs2)cc1. The van der Waals surface area contributed by atoms with E-state index in [1.165, 1.54) is 17.4 Å². The number of aromatic nitrogens is 1. The van der Waals surface area contributed by atoms with Gasteiger partial charge in [0.15, 0.2) is 0 Å². The number of hydrogen-bond donors (Lipinski definition) is 0. The first-order chi connectivity index (χ1) is 15.5. The van der Waals surface area contributed by atoms with Crippen LogP contribution < -0.4 is 9.64 Å². The van der Waals surface area contributed by atoms with E-state index in [9.17, 15) is 14.4 Å². The van der Waals surface area contributed by atoms with Crippen molar-refractivity contribution in [2.24, 2.45) is 0 Å². The molecule has 6 nitrogen and oxygen atoms in total. The molecule has 3 aromatic rings. The number of nitrogens with zero attached hydrogens (tertiary/aromatic N) is 4. The maximum Gasteiger partial charge on any atom is 0.273 e. The van der Waals surface area contributed by atoms with Crippen LogP contribution in [0.15, 0.2) is 47.8 Å². The molecular formula is C24H23FN4O2S. The normalized spacial score (nSPS) is 13.8. The zero-order valence-electron chi connectivity index (χ0n) is 17.9. The summed E-state index contributed by atoms with van der Waals surface area (Å²) in [4.78, 5) is 21.2. The Balaban J connectivity index is 1.41. The number of halogens is 1. The zero-order chi connectivity index (χ0) is 22.7. The molecule has 2 heterocycles. The number of thiazole rings is 1. The highest BCUT2D eigenvalue weighted by atomic mass is 32.1. The van der Waals surface area contributed by atoms with Crippen LogP contribution in [-0.4, -0.2) is 48.1 Å². The lowest BCUT2D eigenvalue weighted by Gasteiger charge is -2.36. The van der Waals surface area contributed by atoms with E-state index < -0.39 is 5.82 Å². The van der Waals surface area contributed by atoms with Gasteiger partial charge in [-0.05, 0) is 50.2 Å². The molecule has 4 rings (SSSR count). The van der Waals surface area contributed by atoms with Gasteiger partial charge >= 0.3 is 0 Å². The predicted molar refractivity (Wildman–Crippen MR) is 123 cm³/mol. The van der Waals surface area contributed by atoms with Gasteiger partial charge in [-0.2, -0.15) is 5.26 Å². The second-order valence-electron chi connectivity index (χ2n) is 7.75. The van der Waals surface area contributed by atoms with Crippen LogP contribution >= 0.6 is 11.3 Å². The molecule has 32 heavy (non-hydrogen) atoms. The molecule has 0 unspecified atom stereocenters. The average molecular weight is 451 g/mol. The van der Waals surface area contributed by atoms with Gasteiger partial charge in [-0.25, -0.2) is 9.37 Å². The van der Waals surface area contributed by atoms with Crippen LogP contribution in [-0.2, 0) is 0 Å². The molecule has 8 heteroatoms. The van der Waals surface area contributed by atoms with E-state index in [0.29, 0.717) is 37.6 Å². The van der Waals surface area contributed by atoms with Crippen LogP contribution in [0.5, 0.6) is 5.75 Å². The third-order valence-corrected chi connectivity index (χ3v) is 6.10. The Morgan fingerprint density at radius 3 is 2.53 bits per heavy atom. The third kappa shape index (κ3) is 4.58. The van der Waals surface area contributed by atoms with Gasteiger partial charge in [-0.3, -0.25) is 4.79 Å². The minimum Gasteiger partial charge on any atom is -0.491 e. The standard InChI is InChI=1S/C24H23FN4O2S/c1-16(2)31-18-8-6-17(7-9-18)23-27-21(15-32-23)24(30)29-12-10-28(11-13-29)22-5-3-4-20(25)19(22)14-26/h3-9,15-16H,10-13H2,1-2H3. The first-order valence-corrected chi connectivity index (χ1v) is 11.3. The number of carbonyl (C=O) groups is 1. The fourth-order valence-corrected chi connectivity index (χ4v) is 4.45. The highest BCUT2D eigenvalue weighted by Crippen LogP contribution is 2.28. The molecule has 1 aromatic heterocycles. The van der Waals surface area contributed by atoms with Crippen molar-refractivity contribution < 1.29 is 13.9 Å². The maximum absolute atomic E-state index is 13.9. The Hall–Kier alpha value is -3.44. The minimum atomic E-state index is -0.526. The fourth-order valence-electron chi connectivity index (χ4n) is 3.65. The smallest absolute Gasteiger partial charge is 0.273 e. The van der Waals surface area contributed by atoms with Gasteiger partial charge in [-0.15, -0.1) is 11.3 Å². The average Bonchev–Trinajstić information content (AvgIpc) is 3.29. The van der Waals surface area contributed by atoms with Gasteiger partial charge in [0.2, 0.25) is 0 Å². The van der Waals surface area contributed by atoms with Gasteiger partial charge in [0.1, 0.15) is 33.9 Å². The molecule has 0 radical (unpaired) electrons. The number of hydrogen-bond acceptors (Lipinski definition) is 6. The topological polar surface area (TPSA) is 69.5 Å². The Morgan fingerprint density at radius 1 is 1.16 bits per heavy atom. The van der Waals surface area contributed by atoms with Crippen LogP contribution in [0.2, 0.25) is 0 Å². The van der Waals surface area contributed by atoms with Crippen LogP contribution in [0.1, 0.15) is 29.9 Å². The van der Waals surface area contributed by atoms with E-state index in [1.807, 2.05) is 49.1 Å². The van der Waals surface area contributed by atoms with E-state index in [4.69, 9.17) is 4.74 Å². The van der Waals surface area contributed by atoms with Crippen molar-refractivity contribution in [2.75, 3.05) is 31.1 Å². The number of piperazine rings is 1. The van der Waals surface area contributed by atoms with Crippen LogP contribution in [0.3, 0.4) is 0 Å². The maximum atomic E-state index is 13.9. The number of anilines is 1. The largest absolute Gasteiger partial charge is 0.491 e. The monoisotopic (exact) mass is 450 g/mol. The molecule has 0 atom stereocenters. The van der Waals surface area contributed by atoms with E-state index in [2.05, 4.69) is 4.98 Å². The van der Waals surface area contributed by atoms with E-state index in [-0.39, 0.29) is 17.6 Å². The van der Waals surface area contributed by atoms with E-state index in [0.717, 1.165) is 16.3 Å². The number of amides is 1. The molecule has 164 valence electrons. The summed E-state index contributed by atoms with van der Waals surface area (Å²) in [7, 11) is 0. The first kappa shape index (κ1) is 21.8. The second kappa shape index (κ2) is 9.37. The highest BCUT2D eigenvalue weighted by molar-refractivity contribution is 7.13. The molecule has 0 bridgehead atoms. The Labute approximate surface area is 190 Å². The van der Waals surface area contributed by atoms with Crippen molar-refractivity contribution in [3.63, 3.8) is 0 Å². The number of nitriles is 1. The second-order valence-corrected chi connectivity index (χ2v) is 8.61. The summed E-state index contributed by atoms with van der Waals surface area (Å²) in [6.45, 7) is 5.97. The number of carbonyl (C=O) groups excluding carboxylic acids is 1. The lowest BCUT2D eigenvalue weighted by Crippen LogP contribution is -2.49. The molecule has 0 saturated carbocycles. The summed E-state index contributed by atoms with van der Waals surface area (Å²) >= 11 is 1.43. The minimum absolute atomic E-state index is 0.0428. The van der Waals surface area contributed by atoms with Gasteiger partial charge in [0.05, 0.1) is 11.8 Å². The lowest BCUT2D eigenvalue weighted by molar-refractivity contribution is 0.0741. The van der Waals surface area contributed by atoms with Gasteiger partial charge in [0, 0.05) is 37.1 Å². The summed E-state index contributed by atoms with van der Waals surface area (Å²) in [5.74, 6) is 0.154. The molecule has 0 aliphatic carbocycles. The van der Waals surface area contributed by atoms with Crippen molar-refractivity contribution in [1.82, 2.24) is 9.88 Å². The van der Waals surface area contributed by atoms with Crippen molar-refractivity contribution in [3.8, 4) is 22.4 Å². The molecule has 0 spiro atoms. The van der Waals surface area contributed by atoms with Crippen molar-refractivity contribution in [1.29, 1.82) is 5.26 Å². The number of benzene rings is 2. The zero-order valence-corrected chi connectivity index (χ0v) is 18.7. The quantitative estimate of drug-likeness (QED) is 0.570. The van der Waals surface area contributed by atoms with Crippen LogP contribution in [0, 0.1) is 17.1 Å². The number of rotatable bonds is 5. The molecule has 1 aliphatic heterocycles. The summed E-state index contributed by atoms with van der Waals surface area (Å²) in [6.07, 6.45) is 0.109. The lowest BCUT2D eigenvalue weighted by atomic mass is 10.1. The summed E-state index contributed by atoms with van der Waals surface area (Å²) in [6, 6.07) is 14.2. The number of ether oxygens (including phenoxy) is 1. The Bertz CT molecular complexity index is 1150. The fraction of sp³-hybridized carbons (Fsp3) is 0.292. The van der Waals surface area contributed by atoms with Crippen molar-refractivity contribution in [3.05, 3.63) is 64.9 Å². The molecule has 1 amide bonds. The van der Waals surface area contributed by atoms with Crippen molar-refractivity contribution in [2.45, 2.75) is 20.0 Å². The van der Waals surface area contributed by atoms with Crippen molar-refractivity contribution >= 4 is 22.9 Å². The first-order valence-electron chi connectivity index (χ1n) is 10.4. The molecular weight excluding hydrogens is 427 g/mol.